The number of aromatic nitrogens is 1. The van der Waals surface area contributed by atoms with Gasteiger partial charge in [-0.05, 0) is 48.6 Å². The van der Waals surface area contributed by atoms with Gasteiger partial charge in [0.1, 0.15) is 0 Å². The number of nitrogens with zero attached hydrogens (tertiary/aromatic N) is 1. The van der Waals surface area contributed by atoms with Gasteiger partial charge in [-0.3, -0.25) is 0 Å². The molecule has 0 bridgehead atoms. The van der Waals surface area contributed by atoms with Crippen molar-refractivity contribution in [1.82, 2.24) is 10.3 Å². The second-order valence-corrected chi connectivity index (χ2v) is 6.98. The molecule has 3 nitrogen and oxygen atoms in total. The zero-order valence-corrected chi connectivity index (χ0v) is 14.0. The van der Waals surface area contributed by atoms with Gasteiger partial charge in [-0.1, -0.05) is 27.2 Å². The van der Waals surface area contributed by atoms with Gasteiger partial charge < -0.3 is 10.1 Å². The van der Waals surface area contributed by atoms with Gasteiger partial charge in [-0.2, -0.15) is 0 Å². The Hall–Kier alpha value is -1.09. The van der Waals surface area contributed by atoms with Crippen LogP contribution in [0.1, 0.15) is 58.4 Å². The lowest BCUT2D eigenvalue weighted by Gasteiger charge is -2.39. The van der Waals surface area contributed by atoms with E-state index in [1.54, 1.807) is 7.11 Å². The summed E-state index contributed by atoms with van der Waals surface area (Å²) >= 11 is 0. The van der Waals surface area contributed by atoms with E-state index >= 15 is 0 Å². The van der Waals surface area contributed by atoms with Gasteiger partial charge in [0.25, 0.3) is 0 Å². The van der Waals surface area contributed by atoms with Crippen LogP contribution in [0.4, 0.5) is 0 Å². The molecule has 0 radical (unpaired) electrons. The van der Waals surface area contributed by atoms with Crippen LogP contribution < -0.4 is 10.1 Å². The van der Waals surface area contributed by atoms with Crippen molar-refractivity contribution in [2.75, 3.05) is 7.11 Å². The zero-order valence-electron chi connectivity index (χ0n) is 14.0. The first-order chi connectivity index (χ1) is 10.0. The van der Waals surface area contributed by atoms with E-state index in [-0.39, 0.29) is 0 Å². The van der Waals surface area contributed by atoms with E-state index in [0.717, 1.165) is 12.5 Å². The van der Waals surface area contributed by atoms with E-state index in [2.05, 4.69) is 37.1 Å². The third-order valence-electron chi connectivity index (χ3n) is 5.35. The Bertz CT molecular complexity index is 437. The SMILES string of the molecule is CCC(C)(C)C1CCC(NCc2ccnc(OC)c2)CC1. The molecular weight excluding hydrogens is 260 g/mol. The minimum absolute atomic E-state index is 0.503. The quantitative estimate of drug-likeness (QED) is 0.853. The van der Waals surface area contributed by atoms with Crippen molar-refractivity contribution in [2.45, 2.75) is 65.5 Å². The van der Waals surface area contributed by atoms with Crippen LogP contribution >= 0.6 is 0 Å². The predicted molar refractivity (Wildman–Crippen MR) is 87.4 cm³/mol. The maximum atomic E-state index is 5.17. The Labute approximate surface area is 129 Å². The minimum atomic E-state index is 0.503. The smallest absolute Gasteiger partial charge is 0.213 e. The minimum Gasteiger partial charge on any atom is -0.481 e. The first-order valence-electron chi connectivity index (χ1n) is 8.27. The number of pyridine rings is 1. The van der Waals surface area contributed by atoms with Crippen LogP contribution in [0, 0.1) is 11.3 Å². The summed E-state index contributed by atoms with van der Waals surface area (Å²) in [5, 5.41) is 3.70. The molecule has 1 heterocycles. The Kier molecular flexibility index (Phi) is 5.63. The lowest BCUT2D eigenvalue weighted by atomic mass is 9.69. The van der Waals surface area contributed by atoms with Crippen molar-refractivity contribution in [3.8, 4) is 5.88 Å². The average molecular weight is 290 g/mol. The van der Waals surface area contributed by atoms with E-state index in [9.17, 15) is 0 Å². The first-order valence-corrected chi connectivity index (χ1v) is 8.27. The number of hydrogen-bond donors (Lipinski definition) is 1. The number of nitrogens with one attached hydrogen (secondary N) is 1. The molecule has 0 amide bonds. The summed E-state index contributed by atoms with van der Waals surface area (Å²) in [5.41, 5.74) is 1.75. The van der Waals surface area contributed by atoms with Gasteiger partial charge in [0.15, 0.2) is 0 Å². The molecule has 1 aromatic rings. The molecule has 0 aliphatic heterocycles. The molecule has 1 fully saturated rings. The molecule has 0 atom stereocenters. The largest absolute Gasteiger partial charge is 0.481 e. The molecule has 118 valence electrons. The topological polar surface area (TPSA) is 34.2 Å². The highest BCUT2D eigenvalue weighted by atomic mass is 16.5. The van der Waals surface area contributed by atoms with Crippen LogP contribution in [0.5, 0.6) is 5.88 Å². The van der Waals surface area contributed by atoms with Crippen molar-refractivity contribution in [2.24, 2.45) is 11.3 Å². The van der Waals surface area contributed by atoms with Crippen molar-refractivity contribution >= 4 is 0 Å². The van der Waals surface area contributed by atoms with Crippen LogP contribution in [0.15, 0.2) is 18.3 Å². The highest BCUT2D eigenvalue weighted by Gasteiger charge is 2.31. The zero-order chi connectivity index (χ0) is 15.3. The van der Waals surface area contributed by atoms with Gasteiger partial charge in [0.2, 0.25) is 5.88 Å². The number of rotatable bonds is 6. The molecule has 3 heteroatoms. The van der Waals surface area contributed by atoms with E-state index in [1.165, 1.54) is 37.7 Å². The third kappa shape index (κ3) is 4.44. The summed E-state index contributed by atoms with van der Waals surface area (Å²) in [4.78, 5) is 4.15. The molecule has 0 spiro atoms. The van der Waals surface area contributed by atoms with Crippen LogP contribution in [0.25, 0.3) is 0 Å². The molecule has 1 aliphatic carbocycles. The molecule has 1 aliphatic rings. The summed E-state index contributed by atoms with van der Waals surface area (Å²) in [5.74, 6) is 1.59. The van der Waals surface area contributed by atoms with Gasteiger partial charge in [0, 0.05) is 24.8 Å². The average Bonchev–Trinajstić information content (AvgIpc) is 2.53. The van der Waals surface area contributed by atoms with Crippen LogP contribution in [-0.4, -0.2) is 18.1 Å². The molecule has 0 aromatic carbocycles. The first kappa shape index (κ1) is 16.3. The lowest BCUT2D eigenvalue weighted by molar-refractivity contribution is 0.137. The van der Waals surface area contributed by atoms with Gasteiger partial charge >= 0.3 is 0 Å². The van der Waals surface area contributed by atoms with Crippen molar-refractivity contribution in [3.63, 3.8) is 0 Å². The Balaban J connectivity index is 1.78. The van der Waals surface area contributed by atoms with Crippen LogP contribution in [-0.2, 0) is 6.54 Å². The Morgan fingerprint density at radius 2 is 2.00 bits per heavy atom. The van der Waals surface area contributed by atoms with Gasteiger partial charge in [0.05, 0.1) is 7.11 Å². The number of hydrogen-bond acceptors (Lipinski definition) is 3. The molecule has 21 heavy (non-hydrogen) atoms. The van der Waals surface area contributed by atoms with Gasteiger partial charge in [-0.25, -0.2) is 4.98 Å². The third-order valence-corrected chi connectivity index (χ3v) is 5.35. The van der Waals surface area contributed by atoms with Crippen molar-refractivity contribution in [1.29, 1.82) is 0 Å². The fraction of sp³-hybridized carbons (Fsp3) is 0.722. The lowest BCUT2D eigenvalue weighted by Crippen LogP contribution is -2.36. The van der Waals surface area contributed by atoms with Crippen LogP contribution in [0.2, 0.25) is 0 Å². The summed E-state index contributed by atoms with van der Waals surface area (Å²) in [6.07, 6.45) is 8.42. The molecule has 1 aromatic heterocycles. The van der Waals surface area contributed by atoms with E-state index in [4.69, 9.17) is 4.74 Å². The Morgan fingerprint density at radius 1 is 1.29 bits per heavy atom. The molecule has 1 N–H and O–H groups in total. The fourth-order valence-electron chi connectivity index (χ4n) is 3.30. The normalized spacial score (nSPS) is 23.0. The fourth-order valence-corrected chi connectivity index (χ4v) is 3.30. The van der Waals surface area contributed by atoms with Crippen molar-refractivity contribution < 1.29 is 4.74 Å². The van der Waals surface area contributed by atoms with Crippen molar-refractivity contribution in [3.05, 3.63) is 23.9 Å². The molecule has 0 saturated heterocycles. The maximum Gasteiger partial charge on any atom is 0.213 e. The predicted octanol–water partition coefficient (Wildman–Crippen LogP) is 4.17. The van der Waals surface area contributed by atoms with E-state index in [1.807, 2.05) is 12.3 Å². The molecular formula is C18H30N2O. The molecule has 2 rings (SSSR count). The second kappa shape index (κ2) is 7.26. The molecule has 0 unspecified atom stereocenters. The Morgan fingerprint density at radius 3 is 2.62 bits per heavy atom. The highest BCUT2D eigenvalue weighted by molar-refractivity contribution is 5.20. The maximum absolute atomic E-state index is 5.17. The van der Waals surface area contributed by atoms with E-state index in [0.29, 0.717) is 17.3 Å². The summed E-state index contributed by atoms with van der Waals surface area (Å²) in [7, 11) is 1.66. The summed E-state index contributed by atoms with van der Waals surface area (Å²) < 4.78 is 5.17. The van der Waals surface area contributed by atoms with E-state index < -0.39 is 0 Å². The second-order valence-electron chi connectivity index (χ2n) is 6.98. The number of ether oxygens (including phenoxy) is 1. The summed E-state index contributed by atoms with van der Waals surface area (Å²) in [6, 6.07) is 4.73. The highest BCUT2D eigenvalue weighted by Crippen LogP contribution is 2.40. The van der Waals surface area contributed by atoms with Gasteiger partial charge in [-0.15, -0.1) is 0 Å². The standard InChI is InChI=1S/C18H30N2O/c1-5-18(2,3)15-6-8-16(9-7-15)20-13-14-10-11-19-17(12-14)21-4/h10-12,15-16,20H,5-9,13H2,1-4H3. The summed E-state index contributed by atoms with van der Waals surface area (Å²) in [6.45, 7) is 8.08. The number of methoxy groups -OCH3 is 1. The molecule has 1 saturated carbocycles. The monoisotopic (exact) mass is 290 g/mol. The van der Waals surface area contributed by atoms with Crippen LogP contribution in [0.3, 0.4) is 0 Å².